The Balaban J connectivity index is 1.72. The minimum atomic E-state index is -0.602. The van der Waals surface area contributed by atoms with Crippen molar-refractivity contribution in [3.63, 3.8) is 0 Å². The van der Waals surface area contributed by atoms with Crippen molar-refractivity contribution >= 4 is 18.0 Å². The Bertz CT molecular complexity index is 1010. The molecule has 2 aromatic rings. The lowest BCUT2D eigenvalue weighted by Gasteiger charge is -2.10. The number of carbonyl (C=O) groups is 2. The number of ether oxygens (including phenoxy) is 2. The molecule has 0 radical (unpaired) electrons. The van der Waals surface area contributed by atoms with Crippen molar-refractivity contribution in [1.29, 1.82) is 5.26 Å². The van der Waals surface area contributed by atoms with E-state index in [1.165, 1.54) is 6.08 Å². The van der Waals surface area contributed by atoms with Crippen LogP contribution in [0.2, 0.25) is 0 Å². The van der Waals surface area contributed by atoms with Gasteiger partial charge in [-0.05, 0) is 74.6 Å². The van der Waals surface area contributed by atoms with E-state index in [0.29, 0.717) is 12.5 Å². The van der Waals surface area contributed by atoms with Gasteiger partial charge in [-0.15, -0.1) is 0 Å². The number of methoxy groups -OCH3 is 1. The van der Waals surface area contributed by atoms with E-state index in [2.05, 4.69) is 5.32 Å². The van der Waals surface area contributed by atoms with Crippen molar-refractivity contribution in [2.75, 3.05) is 20.3 Å². The normalized spacial score (nSPS) is 13.5. The van der Waals surface area contributed by atoms with E-state index in [0.717, 1.165) is 41.2 Å². The molecule has 0 unspecified atom stereocenters. The van der Waals surface area contributed by atoms with Crippen molar-refractivity contribution in [2.24, 2.45) is 5.92 Å². The molecule has 1 fully saturated rings. The summed E-state index contributed by atoms with van der Waals surface area (Å²) in [7, 11) is 1.62. The Morgan fingerprint density at radius 2 is 1.97 bits per heavy atom. The molecule has 0 atom stereocenters. The second-order valence-corrected chi connectivity index (χ2v) is 7.34. The van der Waals surface area contributed by atoms with Crippen LogP contribution in [0.1, 0.15) is 29.8 Å². The summed E-state index contributed by atoms with van der Waals surface area (Å²) in [6.07, 6.45) is 3.69. The van der Waals surface area contributed by atoms with Crippen LogP contribution >= 0.6 is 0 Å². The van der Waals surface area contributed by atoms with Crippen molar-refractivity contribution < 1.29 is 19.1 Å². The lowest BCUT2D eigenvalue weighted by molar-refractivity contribution is -0.144. The second kappa shape index (κ2) is 9.31. The number of hydrogen-bond donors (Lipinski definition) is 1. The molecule has 1 heterocycles. The van der Waals surface area contributed by atoms with E-state index >= 15 is 0 Å². The van der Waals surface area contributed by atoms with E-state index in [9.17, 15) is 14.9 Å². The molecule has 7 heteroatoms. The molecule has 1 saturated carbocycles. The highest BCUT2D eigenvalue weighted by Crippen LogP contribution is 2.28. The van der Waals surface area contributed by atoms with Crippen LogP contribution in [-0.2, 0) is 14.3 Å². The number of esters is 1. The van der Waals surface area contributed by atoms with Gasteiger partial charge in [0.2, 0.25) is 0 Å². The Morgan fingerprint density at radius 1 is 1.27 bits per heavy atom. The van der Waals surface area contributed by atoms with Crippen LogP contribution in [0.5, 0.6) is 5.75 Å². The predicted octanol–water partition coefficient (Wildman–Crippen LogP) is 3.08. The molecule has 0 bridgehead atoms. The number of rotatable bonds is 8. The summed E-state index contributed by atoms with van der Waals surface area (Å²) in [5.41, 5.74) is 3.49. The summed E-state index contributed by atoms with van der Waals surface area (Å²) in [5.74, 6) is 0.126. The Hall–Kier alpha value is -3.53. The summed E-state index contributed by atoms with van der Waals surface area (Å²) >= 11 is 0. The van der Waals surface area contributed by atoms with Crippen LogP contribution in [0, 0.1) is 31.1 Å². The van der Waals surface area contributed by atoms with Crippen LogP contribution in [0.15, 0.2) is 35.9 Å². The molecule has 1 N–H and O–H groups in total. The number of amides is 1. The van der Waals surface area contributed by atoms with E-state index in [1.807, 2.05) is 54.8 Å². The second-order valence-electron chi connectivity index (χ2n) is 7.34. The predicted molar refractivity (Wildman–Crippen MR) is 112 cm³/mol. The van der Waals surface area contributed by atoms with Crippen LogP contribution in [0.3, 0.4) is 0 Å². The Kier molecular flexibility index (Phi) is 6.58. The number of nitriles is 1. The van der Waals surface area contributed by atoms with Gasteiger partial charge < -0.3 is 19.4 Å². The van der Waals surface area contributed by atoms with Gasteiger partial charge in [0.25, 0.3) is 5.91 Å². The average molecular weight is 407 g/mol. The van der Waals surface area contributed by atoms with Gasteiger partial charge in [-0.25, -0.2) is 0 Å². The minimum Gasteiger partial charge on any atom is -0.497 e. The third-order valence-corrected chi connectivity index (χ3v) is 5.04. The summed E-state index contributed by atoms with van der Waals surface area (Å²) in [4.78, 5) is 24.0. The van der Waals surface area contributed by atoms with Gasteiger partial charge in [0, 0.05) is 17.1 Å². The van der Waals surface area contributed by atoms with Crippen molar-refractivity contribution in [3.05, 3.63) is 52.9 Å². The first-order valence-corrected chi connectivity index (χ1v) is 9.82. The number of benzene rings is 1. The SMILES string of the molecule is COc1ccc(-n2c(C)cc(/C=C(\C#N)C(=O)NCC(=O)OCC3CC3)c2C)cc1. The monoisotopic (exact) mass is 407 g/mol. The molecule has 7 nitrogen and oxygen atoms in total. The maximum atomic E-state index is 12.3. The van der Waals surface area contributed by atoms with E-state index in [-0.39, 0.29) is 12.1 Å². The topological polar surface area (TPSA) is 93.4 Å². The summed E-state index contributed by atoms with van der Waals surface area (Å²) < 4.78 is 12.3. The van der Waals surface area contributed by atoms with Crippen LogP contribution in [0.25, 0.3) is 11.8 Å². The number of hydrogen-bond acceptors (Lipinski definition) is 5. The third-order valence-electron chi connectivity index (χ3n) is 5.04. The quantitative estimate of drug-likeness (QED) is 0.412. The first-order chi connectivity index (χ1) is 14.4. The van der Waals surface area contributed by atoms with E-state index < -0.39 is 11.9 Å². The van der Waals surface area contributed by atoms with Gasteiger partial charge in [-0.3, -0.25) is 9.59 Å². The standard InChI is InChI=1S/C23H25N3O4/c1-15-10-18(16(2)26(15)20-6-8-21(29-3)9-7-20)11-19(12-24)23(28)25-13-22(27)30-14-17-4-5-17/h6-11,17H,4-5,13-14H2,1-3H3,(H,25,28)/b19-11+. The zero-order valence-electron chi connectivity index (χ0n) is 17.4. The van der Waals surface area contributed by atoms with E-state index in [1.54, 1.807) is 7.11 Å². The maximum Gasteiger partial charge on any atom is 0.325 e. The largest absolute Gasteiger partial charge is 0.497 e. The van der Waals surface area contributed by atoms with Gasteiger partial charge in [-0.1, -0.05) is 0 Å². The lowest BCUT2D eigenvalue weighted by Crippen LogP contribution is -2.31. The molecule has 1 aliphatic carbocycles. The van der Waals surface area contributed by atoms with Gasteiger partial charge in [0.15, 0.2) is 0 Å². The van der Waals surface area contributed by atoms with E-state index in [4.69, 9.17) is 9.47 Å². The average Bonchev–Trinajstić information content (AvgIpc) is 3.54. The maximum absolute atomic E-state index is 12.3. The fraction of sp³-hybridized carbons (Fsp3) is 0.348. The first-order valence-electron chi connectivity index (χ1n) is 9.82. The molecule has 1 aliphatic rings. The molecule has 30 heavy (non-hydrogen) atoms. The minimum absolute atomic E-state index is 0.0695. The number of nitrogens with one attached hydrogen (secondary N) is 1. The third kappa shape index (κ3) is 5.09. The van der Waals surface area contributed by atoms with Gasteiger partial charge in [-0.2, -0.15) is 5.26 Å². The van der Waals surface area contributed by atoms with Gasteiger partial charge in [0.1, 0.15) is 23.9 Å². The number of carbonyl (C=O) groups excluding carboxylic acids is 2. The van der Waals surface area contributed by atoms with Gasteiger partial charge in [0.05, 0.1) is 13.7 Å². The molecular weight excluding hydrogens is 382 g/mol. The molecule has 1 amide bonds. The molecular formula is C23H25N3O4. The van der Waals surface area contributed by atoms with Crippen molar-refractivity contribution in [3.8, 4) is 17.5 Å². The first kappa shape index (κ1) is 21.2. The van der Waals surface area contributed by atoms with Gasteiger partial charge >= 0.3 is 5.97 Å². The number of nitrogens with zero attached hydrogens (tertiary/aromatic N) is 2. The smallest absolute Gasteiger partial charge is 0.325 e. The van der Waals surface area contributed by atoms with Crippen molar-refractivity contribution in [1.82, 2.24) is 9.88 Å². The number of aryl methyl sites for hydroxylation is 1. The Labute approximate surface area is 175 Å². The number of aromatic nitrogens is 1. The zero-order valence-corrected chi connectivity index (χ0v) is 17.4. The summed E-state index contributed by atoms with van der Waals surface area (Å²) in [6, 6.07) is 11.5. The fourth-order valence-electron chi connectivity index (χ4n) is 3.16. The molecule has 0 saturated heterocycles. The fourth-order valence-corrected chi connectivity index (χ4v) is 3.16. The summed E-state index contributed by atoms with van der Waals surface area (Å²) in [6.45, 7) is 4.02. The molecule has 0 spiro atoms. The molecule has 1 aromatic carbocycles. The molecule has 0 aliphatic heterocycles. The molecule has 156 valence electrons. The highest BCUT2D eigenvalue weighted by atomic mass is 16.5. The highest BCUT2D eigenvalue weighted by Gasteiger charge is 2.23. The molecule has 1 aromatic heterocycles. The van der Waals surface area contributed by atoms with Crippen LogP contribution in [0.4, 0.5) is 0 Å². The lowest BCUT2D eigenvalue weighted by atomic mass is 10.1. The summed E-state index contributed by atoms with van der Waals surface area (Å²) in [5, 5.41) is 11.9. The van der Waals surface area contributed by atoms with Crippen LogP contribution < -0.4 is 10.1 Å². The van der Waals surface area contributed by atoms with Crippen LogP contribution in [-0.4, -0.2) is 36.7 Å². The van der Waals surface area contributed by atoms with Crippen molar-refractivity contribution in [2.45, 2.75) is 26.7 Å². The molecule has 3 rings (SSSR count). The highest BCUT2D eigenvalue weighted by molar-refractivity contribution is 6.02. The Morgan fingerprint density at radius 3 is 2.57 bits per heavy atom. The zero-order chi connectivity index (χ0) is 21.7.